The number of nitrogens with zero attached hydrogens (tertiary/aromatic N) is 1. The predicted molar refractivity (Wildman–Crippen MR) is 75.3 cm³/mol. The van der Waals surface area contributed by atoms with E-state index < -0.39 is 0 Å². The minimum Gasteiger partial charge on any atom is -0.375 e. The molecule has 1 unspecified atom stereocenters. The molecular formula is C11H14IN3O2. The number of hydrogen-bond acceptors (Lipinski definition) is 4. The van der Waals surface area contributed by atoms with Gasteiger partial charge < -0.3 is 10.6 Å². The van der Waals surface area contributed by atoms with Crippen molar-refractivity contribution in [2.45, 2.75) is 18.9 Å². The number of nitrogens with one attached hydrogen (secondary N) is 2. The molecule has 1 aromatic rings. The van der Waals surface area contributed by atoms with E-state index in [1.807, 2.05) is 6.07 Å². The topological polar surface area (TPSA) is 67.2 Å². The van der Waals surface area contributed by atoms with Crippen LogP contribution in [-0.2, 0) is 0 Å². The molecule has 1 atom stereocenters. The Balaban J connectivity index is 2.16. The Morgan fingerprint density at radius 1 is 1.53 bits per heavy atom. The van der Waals surface area contributed by atoms with Gasteiger partial charge in [0.2, 0.25) is 0 Å². The largest absolute Gasteiger partial charge is 0.375 e. The van der Waals surface area contributed by atoms with Crippen molar-refractivity contribution in [3.05, 3.63) is 31.9 Å². The molecule has 1 saturated heterocycles. The Labute approximate surface area is 113 Å². The highest BCUT2D eigenvalue weighted by atomic mass is 127. The summed E-state index contributed by atoms with van der Waals surface area (Å²) in [5, 5.41) is 17.5. The number of nitro benzene ring substituents is 1. The molecule has 0 saturated carbocycles. The Bertz CT molecular complexity index is 419. The van der Waals surface area contributed by atoms with Crippen molar-refractivity contribution >= 4 is 34.0 Å². The van der Waals surface area contributed by atoms with Crippen LogP contribution in [0.1, 0.15) is 12.8 Å². The first-order valence-electron chi connectivity index (χ1n) is 5.58. The Morgan fingerprint density at radius 2 is 2.35 bits per heavy atom. The van der Waals surface area contributed by atoms with Gasteiger partial charge in [-0.2, -0.15) is 0 Å². The zero-order valence-electron chi connectivity index (χ0n) is 9.28. The van der Waals surface area contributed by atoms with Crippen molar-refractivity contribution in [2.75, 3.05) is 18.4 Å². The minimum atomic E-state index is -0.333. The molecule has 1 aliphatic heterocycles. The van der Waals surface area contributed by atoms with Crippen LogP contribution in [0, 0.1) is 13.7 Å². The molecule has 1 heterocycles. The number of anilines is 1. The molecule has 0 spiro atoms. The molecule has 0 bridgehead atoms. The monoisotopic (exact) mass is 347 g/mol. The van der Waals surface area contributed by atoms with E-state index in [9.17, 15) is 10.1 Å². The molecule has 0 radical (unpaired) electrons. The molecule has 6 heteroatoms. The standard InChI is InChI=1S/C11H14IN3O2/c12-8-3-4-10(11(6-8)15(16)17)14-9-2-1-5-13-7-9/h3-4,6,9,13-14H,1-2,5,7H2. The average Bonchev–Trinajstić information content (AvgIpc) is 2.32. The maximum Gasteiger partial charge on any atom is 0.293 e. The number of piperidine rings is 1. The summed E-state index contributed by atoms with van der Waals surface area (Å²) in [6, 6.07) is 5.54. The summed E-state index contributed by atoms with van der Waals surface area (Å²) >= 11 is 2.08. The van der Waals surface area contributed by atoms with Crippen LogP contribution < -0.4 is 10.6 Å². The second-order valence-electron chi connectivity index (χ2n) is 4.11. The van der Waals surface area contributed by atoms with Crippen LogP contribution in [0.15, 0.2) is 18.2 Å². The van der Waals surface area contributed by atoms with E-state index in [-0.39, 0.29) is 16.7 Å². The third-order valence-corrected chi connectivity index (χ3v) is 3.48. The van der Waals surface area contributed by atoms with Crippen LogP contribution in [0.5, 0.6) is 0 Å². The number of nitro groups is 1. The zero-order chi connectivity index (χ0) is 12.3. The Morgan fingerprint density at radius 3 is 3.00 bits per heavy atom. The molecule has 1 aromatic carbocycles. The van der Waals surface area contributed by atoms with Crippen LogP contribution in [-0.4, -0.2) is 24.1 Å². The van der Waals surface area contributed by atoms with Gasteiger partial charge in [-0.05, 0) is 54.1 Å². The highest BCUT2D eigenvalue weighted by Crippen LogP contribution is 2.27. The number of halogens is 1. The van der Waals surface area contributed by atoms with Gasteiger partial charge in [0, 0.05) is 22.2 Å². The van der Waals surface area contributed by atoms with Gasteiger partial charge >= 0.3 is 0 Å². The summed E-state index contributed by atoms with van der Waals surface area (Å²) in [6.07, 6.45) is 2.16. The predicted octanol–water partition coefficient (Wildman–Crippen LogP) is 2.36. The smallest absolute Gasteiger partial charge is 0.293 e. The van der Waals surface area contributed by atoms with Crippen molar-refractivity contribution in [2.24, 2.45) is 0 Å². The lowest BCUT2D eigenvalue weighted by Crippen LogP contribution is -2.38. The maximum atomic E-state index is 11.0. The van der Waals surface area contributed by atoms with Gasteiger partial charge in [-0.1, -0.05) is 0 Å². The lowest BCUT2D eigenvalue weighted by Gasteiger charge is -2.24. The summed E-state index contributed by atoms with van der Waals surface area (Å²) in [5.74, 6) is 0. The van der Waals surface area contributed by atoms with E-state index in [0.29, 0.717) is 5.69 Å². The fourth-order valence-corrected chi connectivity index (χ4v) is 2.45. The molecule has 92 valence electrons. The molecule has 17 heavy (non-hydrogen) atoms. The van der Waals surface area contributed by atoms with Crippen LogP contribution in [0.25, 0.3) is 0 Å². The van der Waals surface area contributed by atoms with Crippen molar-refractivity contribution in [3.63, 3.8) is 0 Å². The van der Waals surface area contributed by atoms with Crippen molar-refractivity contribution < 1.29 is 4.92 Å². The van der Waals surface area contributed by atoms with Gasteiger partial charge in [0.1, 0.15) is 5.69 Å². The summed E-state index contributed by atoms with van der Waals surface area (Å²) in [6.45, 7) is 1.90. The molecule has 2 rings (SSSR count). The number of rotatable bonds is 3. The average molecular weight is 347 g/mol. The van der Waals surface area contributed by atoms with Crippen LogP contribution in [0.2, 0.25) is 0 Å². The fraction of sp³-hybridized carbons (Fsp3) is 0.455. The quantitative estimate of drug-likeness (QED) is 0.501. The lowest BCUT2D eigenvalue weighted by molar-refractivity contribution is -0.384. The Kier molecular flexibility index (Phi) is 4.16. The van der Waals surface area contributed by atoms with E-state index in [1.165, 1.54) is 0 Å². The SMILES string of the molecule is O=[N+]([O-])c1cc(I)ccc1NC1CCCNC1. The van der Waals surface area contributed by atoms with Crippen molar-refractivity contribution in [1.29, 1.82) is 0 Å². The summed E-state index contributed by atoms with van der Waals surface area (Å²) in [5.41, 5.74) is 0.770. The first-order chi connectivity index (χ1) is 8.16. The molecule has 2 N–H and O–H groups in total. The molecule has 0 aromatic heterocycles. The maximum absolute atomic E-state index is 11.0. The second kappa shape index (κ2) is 5.63. The van der Waals surface area contributed by atoms with E-state index >= 15 is 0 Å². The highest BCUT2D eigenvalue weighted by Gasteiger charge is 2.18. The normalized spacial score (nSPS) is 19.9. The summed E-state index contributed by atoms with van der Waals surface area (Å²) in [7, 11) is 0. The first kappa shape index (κ1) is 12.6. The van der Waals surface area contributed by atoms with Crippen LogP contribution in [0.3, 0.4) is 0 Å². The molecule has 0 amide bonds. The minimum absolute atomic E-state index is 0.155. The van der Waals surface area contributed by atoms with E-state index in [2.05, 4.69) is 33.2 Å². The van der Waals surface area contributed by atoms with Gasteiger partial charge in [0.25, 0.3) is 5.69 Å². The van der Waals surface area contributed by atoms with E-state index in [0.717, 1.165) is 29.5 Å². The second-order valence-corrected chi connectivity index (χ2v) is 5.35. The van der Waals surface area contributed by atoms with Crippen LogP contribution in [0.4, 0.5) is 11.4 Å². The van der Waals surface area contributed by atoms with Crippen LogP contribution >= 0.6 is 22.6 Å². The van der Waals surface area contributed by atoms with E-state index in [1.54, 1.807) is 12.1 Å². The molecular weight excluding hydrogens is 333 g/mol. The van der Waals surface area contributed by atoms with Gasteiger partial charge in [0.05, 0.1) is 4.92 Å². The van der Waals surface area contributed by atoms with Gasteiger partial charge in [-0.15, -0.1) is 0 Å². The van der Waals surface area contributed by atoms with Gasteiger partial charge in [0.15, 0.2) is 0 Å². The Hall–Kier alpha value is -0.890. The zero-order valence-corrected chi connectivity index (χ0v) is 11.4. The molecule has 1 aliphatic rings. The molecule has 0 aliphatic carbocycles. The fourth-order valence-electron chi connectivity index (χ4n) is 1.97. The van der Waals surface area contributed by atoms with Crippen molar-refractivity contribution in [1.82, 2.24) is 5.32 Å². The van der Waals surface area contributed by atoms with Gasteiger partial charge in [-0.25, -0.2) is 0 Å². The van der Waals surface area contributed by atoms with E-state index in [4.69, 9.17) is 0 Å². The van der Waals surface area contributed by atoms with Gasteiger partial charge in [-0.3, -0.25) is 10.1 Å². The van der Waals surface area contributed by atoms with Crippen molar-refractivity contribution in [3.8, 4) is 0 Å². The third kappa shape index (κ3) is 3.29. The lowest BCUT2D eigenvalue weighted by atomic mass is 10.1. The molecule has 1 fully saturated rings. The first-order valence-corrected chi connectivity index (χ1v) is 6.66. The number of benzene rings is 1. The highest BCUT2D eigenvalue weighted by molar-refractivity contribution is 14.1. The third-order valence-electron chi connectivity index (χ3n) is 2.81. The summed E-state index contributed by atoms with van der Waals surface area (Å²) < 4.78 is 0.876. The number of hydrogen-bond donors (Lipinski definition) is 2. The molecule has 5 nitrogen and oxygen atoms in total. The summed E-state index contributed by atoms with van der Waals surface area (Å²) in [4.78, 5) is 10.6.